The van der Waals surface area contributed by atoms with Gasteiger partial charge in [-0.15, -0.1) is 10.2 Å². The molecule has 0 aromatic carbocycles. The molecular weight excluding hydrogens is 304 g/mol. The largest absolute Gasteiger partial charge is 0.329 e. The molecule has 2 aliphatic rings. The summed E-state index contributed by atoms with van der Waals surface area (Å²) in [6, 6.07) is 2.29. The molecule has 1 saturated heterocycles. The van der Waals surface area contributed by atoms with E-state index in [0.29, 0.717) is 11.6 Å². The van der Waals surface area contributed by atoms with E-state index in [1.165, 1.54) is 0 Å². The van der Waals surface area contributed by atoms with Gasteiger partial charge in [-0.25, -0.2) is 0 Å². The second-order valence-corrected chi connectivity index (χ2v) is 7.34. The topological polar surface area (TPSA) is 68.8 Å². The predicted octanol–water partition coefficient (Wildman–Crippen LogP) is 1.67. The van der Waals surface area contributed by atoms with Crippen LogP contribution in [0.4, 0.5) is 0 Å². The van der Waals surface area contributed by atoms with Gasteiger partial charge >= 0.3 is 0 Å². The maximum absolute atomic E-state index is 13.1. The van der Waals surface area contributed by atoms with Crippen LogP contribution >= 0.6 is 0 Å². The number of aryl methyl sites for hydroxylation is 2. The highest BCUT2D eigenvalue weighted by Crippen LogP contribution is 2.33. The van der Waals surface area contributed by atoms with E-state index in [4.69, 9.17) is 0 Å². The van der Waals surface area contributed by atoms with Crippen LogP contribution in [0.1, 0.15) is 60.4 Å². The van der Waals surface area contributed by atoms with E-state index in [0.717, 1.165) is 43.1 Å². The van der Waals surface area contributed by atoms with Crippen LogP contribution < -0.4 is 0 Å². The minimum atomic E-state index is 0.0519. The highest BCUT2D eigenvalue weighted by Gasteiger charge is 2.42. The van der Waals surface area contributed by atoms with Crippen molar-refractivity contribution in [1.29, 1.82) is 0 Å². The molecule has 0 saturated carbocycles. The summed E-state index contributed by atoms with van der Waals surface area (Å²) in [6.07, 6.45) is 2.86. The van der Waals surface area contributed by atoms with Crippen LogP contribution in [0, 0.1) is 6.92 Å². The van der Waals surface area contributed by atoms with Crippen LogP contribution in [0.15, 0.2) is 6.07 Å². The smallest absolute Gasteiger partial charge is 0.274 e. The van der Waals surface area contributed by atoms with Crippen molar-refractivity contribution >= 4 is 5.91 Å². The highest BCUT2D eigenvalue weighted by atomic mass is 16.2. The molecule has 24 heavy (non-hydrogen) atoms. The quantitative estimate of drug-likeness (QED) is 0.841. The van der Waals surface area contributed by atoms with Crippen LogP contribution in [-0.4, -0.2) is 47.4 Å². The summed E-state index contributed by atoms with van der Waals surface area (Å²) in [4.78, 5) is 15.1. The van der Waals surface area contributed by atoms with Gasteiger partial charge in [0.05, 0.1) is 6.04 Å². The standard InChI is InChI=1S/C17H24N6O/c1-10(2)16-19-18-15-8-12-5-6-13(9-22(15)16)23(12)17(24)14-7-11(3)21(4)20-14/h7,10,12-13H,5-6,8-9H2,1-4H3. The average molecular weight is 328 g/mol. The number of aromatic nitrogens is 5. The molecule has 4 rings (SSSR count). The minimum Gasteiger partial charge on any atom is -0.329 e. The van der Waals surface area contributed by atoms with Gasteiger partial charge in [0.15, 0.2) is 5.69 Å². The van der Waals surface area contributed by atoms with Crippen LogP contribution in [0.2, 0.25) is 0 Å². The second-order valence-electron chi connectivity index (χ2n) is 7.34. The van der Waals surface area contributed by atoms with Crippen molar-refractivity contribution in [2.45, 2.75) is 64.6 Å². The Morgan fingerprint density at radius 2 is 2.00 bits per heavy atom. The summed E-state index contributed by atoms with van der Waals surface area (Å²) in [5, 5.41) is 13.2. The molecule has 2 aromatic rings. The first-order valence-electron chi connectivity index (χ1n) is 8.71. The SMILES string of the molecule is Cc1cc(C(=O)N2C3CCC2Cn2c(nnc2C(C)C)C3)nn1C. The normalized spacial score (nSPS) is 22.8. The molecule has 0 N–H and O–H groups in total. The summed E-state index contributed by atoms with van der Waals surface area (Å²) in [5.41, 5.74) is 1.55. The van der Waals surface area contributed by atoms with Gasteiger partial charge in [-0.1, -0.05) is 13.8 Å². The van der Waals surface area contributed by atoms with Crippen molar-refractivity contribution in [2.24, 2.45) is 7.05 Å². The van der Waals surface area contributed by atoms with Gasteiger partial charge < -0.3 is 9.47 Å². The average Bonchev–Trinajstić information content (AvgIpc) is 3.16. The van der Waals surface area contributed by atoms with E-state index in [2.05, 4.69) is 38.6 Å². The van der Waals surface area contributed by atoms with Gasteiger partial charge in [-0.05, 0) is 25.8 Å². The maximum Gasteiger partial charge on any atom is 0.274 e. The van der Waals surface area contributed by atoms with Crippen LogP contribution in [0.5, 0.6) is 0 Å². The van der Waals surface area contributed by atoms with Gasteiger partial charge in [0.1, 0.15) is 11.6 Å². The monoisotopic (exact) mass is 328 g/mol. The molecule has 2 aliphatic heterocycles. The number of carbonyl (C=O) groups is 1. The van der Waals surface area contributed by atoms with Crippen molar-refractivity contribution in [3.8, 4) is 0 Å². The highest BCUT2D eigenvalue weighted by molar-refractivity contribution is 5.93. The van der Waals surface area contributed by atoms with Gasteiger partial charge in [0.25, 0.3) is 5.91 Å². The Hall–Kier alpha value is -2.18. The lowest BCUT2D eigenvalue weighted by Crippen LogP contribution is -2.42. The molecule has 0 aliphatic carbocycles. The minimum absolute atomic E-state index is 0.0519. The Bertz CT molecular complexity index is 770. The van der Waals surface area contributed by atoms with Gasteiger partial charge in [0.2, 0.25) is 0 Å². The summed E-state index contributed by atoms with van der Waals surface area (Å²) in [7, 11) is 1.87. The second kappa shape index (κ2) is 5.43. The van der Waals surface area contributed by atoms with Crippen LogP contribution in [0.25, 0.3) is 0 Å². The number of amides is 1. The number of nitrogens with zero attached hydrogens (tertiary/aromatic N) is 6. The van der Waals surface area contributed by atoms with E-state index >= 15 is 0 Å². The van der Waals surface area contributed by atoms with Crippen molar-refractivity contribution in [3.05, 3.63) is 29.1 Å². The molecule has 2 bridgehead atoms. The first-order chi connectivity index (χ1) is 11.5. The third kappa shape index (κ3) is 2.25. The third-order valence-electron chi connectivity index (χ3n) is 5.37. The maximum atomic E-state index is 13.1. The van der Waals surface area contributed by atoms with E-state index in [1.807, 2.05) is 20.0 Å². The Balaban J connectivity index is 1.66. The summed E-state index contributed by atoms with van der Waals surface area (Å²) in [6.45, 7) is 7.04. The molecule has 7 heteroatoms. The number of rotatable bonds is 2. The molecule has 4 heterocycles. The molecule has 7 nitrogen and oxygen atoms in total. The van der Waals surface area contributed by atoms with E-state index in [1.54, 1.807) is 4.68 Å². The first-order valence-corrected chi connectivity index (χ1v) is 8.71. The number of hydrogen-bond donors (Lipinski definition) is 0. The van der Waals surface area contributed by atoms with Crippen molar-refractivity contribution in [3.63, 3.8) is 0 Å². The van der Waals surface area contributed by atoms with Crippen LogP contribution in [0.3, 0.4) is 0 Å². The molecule has 128 valence electrons. The fourth-order valence-corrected chi connectivity index (χ4v) is 4.02. The fraction of sp³-hybridized carbons (Fsp3) is 0.647. The van der Waals surface area contributed by atoms with Crippen molar-refractivity contribution in [2.75, 3.05) is 0 Å². The first kappa shape index (κ1) is 15.4. The molecule has 1 amide bonds. The zero-order valence-corrected chi connectivity index (χ0v) is 14.7. The van der Waals surface area contributed by atoms with Crippen molar-refractivity contribution in [1.82, 2.24) is 29.4 Å². The Kier molecular flexibility index (Phi) is 3.47. The molecule has 2 aromatic heterocycles. The lowest BCUT2D eigenvalue weighted by atomic mass is 10.1. The van der Waals surface area contributed by atoms with Crippen LogP contribution in [-0.2, 0) is 20.0 Å². The van der Waals surface area contributed by atoms with Gasteiger partial charge in [0, 0.05) is 37.7 Å². The van der Waals surface area contributed by atoms with Gasteiger partial charge in [-0.3, -0.25) is 9.48 Å². The number of hydrogen-bond acceptors (Lipinski definition) is 4. The zero-order valence-electron chi connectivity index (χ0n) is 14.7. The van der Waals surface area contributed by atoms with E-state index in [9.17, 15) is 4.79 Å². The summed E-state index contributed by atoms with van der Waals surface area (Å²) in [5.74, 6) is 2.43. The predicted molar refractivity (Wildman–Crippen MR) is 88.7 cm³/mol. The zero-order chi connectivity index (χ0) is 17.0. The Morgan fingerprint density at radius 3 is 2.67 bits per heavy atom. The van der Waals surface area contributed by atoms with Gasteiger partial charge in [-0.2, -0.15) is 5.10 Å². The summed E-state index contributed by atoms with van der Waals surface area (Å²) < 4.78 is 4.00. The van der Waals surface area contributed by atoms with E-state index in [-0.39, 0.29) is 18.0 Å². The molecule has 2 atom stereocenters. The molecule has 2 unspecified atom stereocenters. The third-order valence-corrected chi connectivity index (χ3v) is 5.37. The molecule has 0 spiro atoms. The summed E-state index contributed by atoms with van der Waals surface area (Å²) >= 11 is 0. The van der Waals surface area contributed by atoms with E-state index < -0.39 is 0 Å². The van der Waals surface area contributed by atoms with Crippen molar-refractivity contribution < 1.29 is 4.79 Å². The Labute approximate surface area is 141 Å². The lowest BCUT2D eigenvalue weighted by Gasteiger charge is -2.27. The molecule has 0 radical (unpaired) electrons. The lowest BCUT2D eigenvalue weighted by molar-refractivity contribution is 0.0658. The number of fused-ring (bicyclic) bond motifs is 3. The Morgan fingerprint density at radius 1 is 1.25 bits per heavy atom. The number of carbonyl (C=O) groups excluding carboxylic acids is 1. The molecular formula is C17H24N6O. The molecule has 1 fully saturated rings. The fourth-order valence-electron chi connectivity index (χ4n) is 4.02.